The molecule has 0 spiro atoms. The van der Waals surface area contributed by atoms with E-state index in [0.29, 0.717) is 0 Å². The van der Waals surface area contributed by atoms with Gasteiger partial charge in [0.05, 0.1) is 31.5 Å². The average Bonchev–Trinajstić information content (AvgIpc) is 2.28. The highest BCUT2D eigenvalue weighted by Crippen LogP contribution is 2.32. The van der Waals surface area contributed by atoms with Crippen LogP contribution in [0.15, 0.2) is 6.20 Å². The Kier molecular flexibility index (Phi) is 4.62. The van der Waals surface area contributed by atoms with Crippen molar-refractivity contribution in [2.45, 2.75) is 18.2 Å². The monoisotopic (exact) mass is 290 g/mol. The van der Waals surface area contributed by atoms with Crippen LogP contribution in [0.4, 0.5) is 8.78 Å². The van der Waals surface area contributed by atoms with E-state index in [1.165, 1.54) is 13.3 Å². The van der Waals surface area contributed by atoms with Gasteiger partial charge in [0.2, 0.25) is 0 Å². The van der Waals surface area contributed by atoms with Crippen molar-refractivity contribution in [2.24, 2.45) is 0 Å². The Bertz CT molecular complexity index is 418. The van der Waals surface area contributed by atoms with Gasteiger partial charge in [-0.2, -0.15) is 5.26 Å². The van der Waals surface area contributed by atoms with E-state index in [9.17, 15) is 8.78 Å². The van der Waals surface area contributed by atoms with E-state index < -0.39 is 6.43 Å². The molecule has 0 unspecified atom stereocenters. The standard InChI is InChI=1S/C10H9BrF2N2O/c1-16-8-5-15-7(4-11)9(10(12)13)6(8)2-3-14/h5,10H,2,4H2,1H3. The van der Waals surface area contributed by atoms with Gasteiger partial charge in [0.15, 0.2) is 0 Å². The summed E-state index contributed by atoms with van der Waals surface area (Å²) in [5.41, 5.74) is 0.239. The van der Waals surface area contributed by atoms with Crippen LogP contribution in [-0.2, 0) is 11.8 Å². The average molecular weight is 291 g/mol. The molecule has 1 aromatic heterocycles. The van der Waals surface area contributed by atoms with E-state index in [0.717, 1.165) is 0 Å². The summed E-state index contributed by atoms with van der Waals surface area (Å²) in [6.07, 6.45) is -1.43. The Labute approximate surface area is 100 Å². The first-order valence-corrected chi connectivity index (χ1v) is 5.53. The van der Waals surface area contributed by atoms with Gasteiger partial charge in [0, 0.05) is 16.5 Å². The fraction of sp³-hybridized carbons (Fsp3) is 0.400. The summed E-state index contributed by atoms with van der Waals surface area (Å²) in [5.74, 6) is 0.224. The molecule has 1 aromatic rings. The van der Waals surface area contributed by atoms with Crippen molar-refractivity contribution >= 4 is 15.9 Å². The Morgan fingerprint density at radius 3 is 2.75 bits per heavy atom. The Morgan fingerprint density at radius 1 is 1.62 bits per heavy atom. The second-order valence-corrected chi connectivity index (χ2v) is 3.50. The Hall–Kier alpha value is -1.22. The fourth-order valence-electron chi connectivity index (χ4n) is 1.39. The third-order valence-corrected chi connectivity index (χ3v) is 2.62. The minimum Gasteiger partial charge on any atom is -0.495 e. The summed E-state index contributed by atoms with van der Waals surface area (Å²) in [4.78, 5) is 3.87. The zero-order valence-corrected chi connectivity index (χ0v) is 10.1. The van der Waals surface area contributed by atoms with Crippen molar-refractivity contribution in [1.82, 2.24) is 4.98 Å². The fourth-order valence-corrected chi connectivity index (χ4v) is 1.84. The highest BCUT2D eigenvalue weighted by molar-refractivity contribution is 9.08. The molecule has 0 amide bonds. The first kappa shape index (κ1) is 12.8. The number of ether oxygens (including phenoxy) is 1. The van der Waals surface area contributed by atoms with E-state index in [-0.39, 0.29) is 34.3 Å². The summed E-state index contributed by atoms with van der Waals surface area (Å²) in [6, 6.07) is 1.85. The number of nitriles is 1. The molecular formula is C10H9BrF2N2O. The van der Waals surface area contributed by atoms with Gasteiger partial charge < -0.3 is 4.74 Å². The Balaban J connectivity index is 3.41. The highest BCUT2D eigenvalue weighted by atomic mass is 79.9. The van der Waals surface area contributed by atoms with Crippen LogP contribution >= 0.6 is 15.9 Å². The molecule has 3 nitrogen and oxygen atoms in total. The number of rotatable bonds is 4. The number of hydrogen-bond donors (Lipinski definition) is 0. The van der Waals surface area contributed by atoms with Crippen molar-refractivity contribution < 1.29 is 13.5 Å². The molecule has 0 saturated carbocycles. The van der Waals surface area contributed by atoms with Crippen molar-refractivity contribution in [3.05, 3.63) is 23.0 Å². The summed E-state index contributed by atoms with van der Waals surface area (Å²) in [5, 5.41) is 8.84. The summed E-state index contributed by atoms with van der Waals surface area (Å²) < 4.78 is 30.7. The van der Waals surface area contributed by atoms with Gasteiger partial charge in [-0.05, 0) is 0 Å². The van der Waals surface area contributed by atoms with Crippen LogP contribution in [-0.4, -0.2) is 12.1 Å². The SMILES string of the molecule is COc1cnc(CBr)c(C(F)F)c1CC#N. The summed E-state index contributed by atoms with van der Waals surface area (Å²) in [6.45, 7) is 0. The van der Waals surface area contributed by atoms with Gasteiger partial charge >= 0.3 is 0 Å². The number of nitrogens with zero attached hydrogens (tertiary/aromatic N) is 2. The van der Waals surface area contributed by atoms with E-state index >= 15 is 0 Å². The van der Waals surface area contributed by atoms with Gasteiger partial charge in [0.1, 0.15) is 5.75 Å². The lowest BCUT2D eigenvalue weighted by Gasteiger charge is -2.13. The molecule has 6 heteroatoms. The van der Waals surface area contributed by atoms with Crippen molar-refractivity contribution in [3.8, 4) is 11.8 Å². The first-order valence-electron chi connectivity index (χ1n) is 4.41. The molecule has 0 aliphatic carbocycles. The van der Waals surface area contributed by atoms with E-state index in [1.54, 1.807) is 0 Å². The van der Waals surface area contributed by atoms with Crippen LogP contribution in [0, 0.1) is 11.3 Å². The molecule has 86 valence electrons. The number of methoxy groups -OCH3 is 1. The lowest BCUT2D eigenvalue weighted by atomic mass is 10.0. The van der Waals surface area contributed by atoms with Crippen LogP contribution in [0.1, 0.15) is 23.2 Å². The number of alkyl halides is 3. The minimum atomic E-state index is -2.67. The van der Waals surface area contributed by atoms with Gasteiger partial charge in [-0.15, -0.1) is 0 Å². The van der Waals surface area contributed by atoms with Crippen LogP contribution in [0.3, 0.4) is 0 Å². The number of halogens is 3. The minimum absolute atomic E-state index is 0.120. The molecule has 0 aliphatic heterocycles. The first-order chi connectivity index (χ1) is 7.65. The third kappa shape index (κ3) is 2.47. The number of aromatic nitrogens is 1. The molecule has 0 N–H and O–H groups in total. The van der Waals surface area contributed by atoms with Gasteiger partial charge in [-0.3, -0.25) is 4.98 Å². The van der Waals surface area contributed by atoms with Crippen LogP contribution < -0.4 is 4.74 Å². The smallest absolute Gasteiger partial charge is 0.266 e. The third-order valence-electron chi connectivity index (χ3n) is 2.09. The zero-order chi connectivity index (χ0) is 12.1. The van der Waals surface area contributed by atoms with Crippen molar-refractivity contribution in [1.29, 1.82) is 5.26 Å². The maximum atomic E-state index is 12.9. The van der Waals surface area contributed by atoms with Crippen molar-refractivity contribution in [2.75, 3.05) is 7.11 Å². The van der Waals surface area contributed by atoms with Crippen molar-refractivity contribution in [3.63, 3.8) is 0 Å². The molecule has 0 aromatic carbocycles. The molecule has 0 bridgehead atoms. The maximum absolute atomic E-state index is 12.9. The van der Waals surface area contributed by atoms with Gasteiger partial charge in [-0.1, -0.05) is 15.9 Å². The normalized spacial score (nSPS) is 10.2. The van der Waals surface area contributed by atoms with E-state index in [4.69, 9.17) is 10.00 Å². The van der Waals surface area contributed by atoms with E-state index in [1.807, 2.05) is 6.07 Å². The predicted molar refractivity (Wildman–Crippen MR) is 57.7 cm³/mol. The quantitative estimate of drug-likeness (QED) is 0.801. The lowest BCUT2D eigenvalue weighted by Crippen LogP contribution is -2.04. The zero-order valence-electron chi connectivity index (χ0n) is 8.51. The Morgan fingerprint density at radius 2 is 2.31 bits per heavy atom. The van der Waals surface area contributed by atoms with Crippen LogP contribution in [0.25, 0.3) is 0 Å². The predicted octanol–water partition coefficient (Wildman–Crippen LogP) is 2.99. The topological polar surface area (TPSA) is 45.9 Å². The second kappa shape index (κ2) is 5.75. The second-order valence-electron chi connectivity index (χ2n) is 2.93. The molecule has 0 atom stereocenters. The largest absolute Gasteiger partial charge is 0.495 e. The van der Waals surface area contributed by atoms with E-state index in [2.05, 4.69) is 20.9 Å². The highest BCUT2D eigenvalue weighted by Gasteiger charge is 2.21. The summed E-state index contributed by atoms with van der Waals surface area (Å²) in [7, 11) is 1.36. The number of hydrogen-bond acceptors (Lipinski definition) is 3. The van der Waals surface area contributed by atoms with Crippen LogP contribution in [0.2, 0.25) is 0 Å². The van der Waals surface area contributed by atoms with Crippen LogP contribution in [0.5, 0.6) is 5.75 Å². The van der Waals surface area contributed by atoms with Gasteiger partial charge in [0.25, 0.3) is 6.43 Å². The number of pyridine rings is 1. The molecule has 0 radical (unpaired) electrons. The van der Waals surface area contributed by atoms with Gasteiger partial charge in [-0.25, -0.2) is 8.78 Å². The molecular weight excluding hydrogens is 282 g/mol. The molecule has 0 aliphatic rings. The molecule has 1 rings (SSSR count). The molecule has 0 fully saturated rings. The maximum Gasteiger partial charge on any atom is 0.266 e. The molecule has 16 heavy (non-hydrogen) atoms. The summed E-state index contributed by atoms with van der Waals surface area (Å²) >= 11 is 3.09. The molecule has 1 heterocycles. The lowest BCUT2D eigenvalue weighted by molar-refractivity contribution is 0.148. The molecule has 0 saturated heterocycles.